The second kappa shape index (κ2) is 6.01. The van der Waals surface area contributed by atoms with Gasteiger partial charge in [0.2, 0.25) is 0 Å². The summed E-state index contributed by atoms with van der Waals surface area (Å²) in [6.07, 6.45) is 10.2. The molecule has 0 aromatic carbocycles. The van der Waals surface area contributed by atoms with Crippen LogP contribution >= 0.6 is 0 Å². The van der Waals surface area contributed by atoms with E-state index in [4.69, 9.17) is 5.73 Å². The summed E-state index contributed by atoms with van der Waals surface area (Å²) >= 11 is 0. The molecule has 2 heterocycles. The normalized spacial score (nSPS) is 23.2. The van der Waals surface area contributed by atoms with E-state index in [1.54, 1.807) is 0 Å². The van der Waals surface area contributed by atoms with Crippen LogP contribution in [-0.4, -0.2) is 38.8 Å². The zero-order valence-corrected chi connectivity index (χ0v) is 11.7. The molecule has 1 aliphatic carbocycles. The Bertz CT molecular complexity index is 396. The molecule has 1 atom stereocenters. The zero-order valence-electron chi connectivity index (χ0n) is 11.7. The summed E-state index contributed by atoms with van der Waals surface area (Å²) in [7, 11) is 0. The van der Waals surface area contributed by atoms with Crippen LogP contribution in [0.4, 0.5) is 0 Å². The van der Waals surface area contributed by atoms with Crippen LogP contribution in [0.25, 0.3) is 0 Å². The van der Waals surface area contributed by atoms with Gasteiger partial charge < -0.3 is 10.3 Å². The van der Waals surface area contributed by atoms with Crippen molar-refractivity contribution in [3.05, 3.63) is 12.2 Å². The summed E-state index contributed by atoms with van der Waals surface area (Å²) in [6, 6.07) is 0.522. The number of fused-ring (bicyclic) bond motifs is 1. The summed E-state index contributed by atoms with van der Waals surface area (Å²) in [5.41, 5.74) is 6.03. The molecular weight excluding hydrogens is 238 g/mol. The van der Waals surface area contributed by atoms with Gasteiger partial charge in [-0.15, -0.1) is 10.2 Å². The molecule has 0 radical (unpaired) electrons. The molecule has 0 saturated heterocycles. The minimum absolute atomic E-state index is 0.522. The molecule has 0 bridgehead atoms. The van der Waals surface area contributed by atoms with E-state index in [0.29, 0.717) is 6.04 Å². The Kier molecular flexibility index (Phi) is 4.13. The molecule has 1 aromatic heterocycles. The lowest BCUT2D eigenvalue weighted by Crippen LogP contribution is -2.45. The highest BCUT2D eigenvalue weighted by atomic mass is 15.3. The summed E-state index contributed by atoms with van der Waals surface area (Å²) < 4.78 is 2.16. The van der Waals surface area contributed by atoms with Crippen LogP contribution in [0, 0.1) is 5.92 Å². The largest absolute Gasteiger partial charge is 0.329 e. The molecule has 1 fully saturated rings. The number of hydrogen-bond donors (Lipinski definition) is 1. The average molecular weight is 263 g/mol. The predicted octanol–water partition coefficient (Wildman–Crippen LogP) is 1.39. The smallest absolute Gasteiger partial charge is 0.147 e. The fourth-order valence-corrected chi connectivity index (χ4v) is 3.60. The van der Waals surface area contributed by atoms with E-state index in [2.05, 4.69) is 19.7 Å². The molecule has 5 heteroatoms. The third-order valence-electron chi connectivity index (χ3n) is 4.79. The molecule has 2 N–H and O–H groups in total. The summed E-state index contributed by atoms with van der Waals surface area (Å²) in [6.45, 7) is 3.77. The summed E-state index contributed by atoms with van der Waals surface area (Å²) in [5.74, 6) is 1.98. The zero-order chi connectivity index (χ0) is 13.1. The van der Waals surface area contributed by atoms with Gasteiger partial charge in [-0.2, -0.15) is 0 Å². The molecule has 19 heavy (non-hydrogen) atoms. The highest BCUT2D eigenvalue weighted by molar-refractivity contribution is 4.92. The molecule has 1 aliphatic heterocycles. The monoisotopic (exact) mass is 263 g/mol. The standard InChI is InChI=1S/C14H25N5/c15-9-13(8-12-4-2-1-3-5-12)18-6-7-19-11-16-17-14(19)10-18/h11-13H,1-10,15H2. The maximum absolute atomic E-state index is 6.03. The van der Waals surface area contributed by atoms with Crippen LogP contribution in [-0.2, 0) is 13.1 Å². The van der Waals surface area contributed by atoms with Gasteiger partial charge in [0.15, 0.2) is 0 Å². The minimum atomic E-state index is 0.522. The van der Waals surface area contributed by atoms with E-state index in [1.807, 2.05) is 6.33 Å². The van der Waals surface area contributed by atoms with Crippen LogP contribution in [0.1, 0.15) is 44.3 Å². The number of aromatic nitrogens is 3. The third-order valence-corrected chi connectivity index (χ3v) is 4.79. The van der Waals surface area contributed by atoms with Crippen molar-refractivity contribution in [3.63, 3.8) is 0 Å². The van der Waals surface area contributed by atoms with Crippen LogP contribution in [0.3, 0.4) is 0 Å². The van der Waals surface area contributed by atoms with Crippen molar-refractivity contribution in [2.45, 2.75) is 57.7 Å². The first-order valence-electron chi connectivity index (χ1n) is 7.67. The van der Waals surface area contributed by atoms with Crippen molar-refractivity contribution in [1.29, 1.82) is 0 Å². The van der Waals surface area contributed by atoms with Crippen LogP contribution in [0.2, 0.25) is 0 Å². The highest BCUT2D eigenvalue weighted by Crippen LogP contribution is 2.29. The van der Waals surface area contributed by atoms with E-state index >= 15 is 0 Å². The Morgan fingerprint density at radius 1 is 1.26 bits per heavy atom. The lowest BCUT2D eigenvalue weighted by atomic mass is 9.84. The highest BCUT2D eigenvalue weighted by Gasteiger charge is 2.26. The number of hydrogen-bond acceptors (Lipinski definition) is 4. The van der Waals surface area contributed by atoms with Crippen molar-refractivity contribution < 1.29 is 0 Å². The SMILES string of the molecule is NCC(CC1CCCCC1)N1CCn2cnnc2C1. The van der Waals surface area contributed by atoms with Crippen molar-refractivity contribution >= 4 is 0 Å². The van der Waals surface area contributed by atoms with Crippen molar-refractivity contribution in [1.82, 2.24) is 19.7 Å². The van der Waals surface area contributed by atoms with Crippen LogP contribution in [0.5, 0.6) is 0 Å². The van der Waals surface area contributed by atoms with E-state index in [1.165, 1.54) is 38.5 Å². The Morgan fingerprint density at radius 3 is 2.89 bits per heavy atom. The summed E-state index contributed by atoms with van der Waals surface area (Å²) in [5, 5.41) is 8.20. The third kappa shape index (κ3) is 2.98. The lowest BCUT2D eigenvalue weighted by molar-refractivity contribution is 0.126. The molecule has 1 saturated carbocycles. The molecule has 0 spiro atoms. The maximum Gasteiger partial charge on any atom is 0.147 e. The second-order valence-electron chi connectivity index (χ2n) is 6.04. The molecular formula is C14H25N5. The van der Waals surface area contributed by atoms with Gasteiger partial charge in [0, 0.05) is 25.7 Å². The van der Waals surface area contributed by atoms with E-state index in [-0.39, 0.29) is 0 Å². The van der Waals surface area contributed by atoms with E-state index < -0.39 is 0 Å². The van der Waals surface area contributed by atoms with E-state index in [0.717, 1.165) is 37.9 Å². The molecule has 2 aliphatic rings. The van der Waals surface area contributed by atoms with Gasteiger partial charge >= 0.3 is 0 Å². The average Bonchev–Trinajstić information content (AvgIpc) is 2.93. The fourth-order valence-electron chi connectivity index (χ4n) is 3.60. The fraction of sp³-hybridized carbons (Fsp3) is 0.857. The first kappa shape index (κ1) is 13.1. The lowest BCUT2D eigenvalue weighted by Gasteiger charge is -2.36. The van der Waals surface area contributed by atoms with Gasteiger partial charge in [0.1, 0.15) is 12.2 Å². The summed E-state index contributed by atoms with van der Waals surface area (Å²) in [4.78, 5) is 2.51. The Morgan fingerprint density at radius 2 is 2.11 bits per heavy atom. The number of nitrogens with two attached hydrogens (primary N) is 1. The second-order valence-corrected chi connectivity index (χ2v) is 6.04. The molecule has 5 nitrogen and oxygen atoms in total. The van der Waals surface area contributed by atoms with Crippen LogP contribution < -0.4 is 5.73 Å². The van der Waals surface area contributed by atoms with Gasteiger partial charge in [0.05, 0.1) is 6.54 Å². The minimum Gasteiger partial charge on any atom is -0.329 e. The number of rotatable bonds is 4. The van der Waals surface area contributed by atoms with Gasteiger partial charge in [-0.25, -0.2) is 0 Å². The Labute approximate surface area is 115 Å². The molecule has 1 unspecified atom stereocenters. The quantitative estimate of drug-likeness (QED) is 0.892. The molecule has 1 aromatic rings. The van der Waals surface area contributed by atoms with Crippen molar-refractivity contribution in [3.8, 4) is 0 Å². The van der Waals surface area contributed by atoms with E-state index in [9.17, 15) is 0 Å². The first-order chi connectivity index (χ1) is 9.36. The van der Waals surface area contributed by atoms with Crippen molar-refractivity contribution in [2.75, 3.05) is 13.1 Å². The predicted molar refractivity (Wildman–Crippen MR) is 74.5 cm³/mol. The van der Waals surface area contributed by atoms with Gasteiger partial charge in [0.25, 0.3) is 0 Å². The maximum atomic E-state index is 6.03. The molecule has 3 rings (SSSR count). The van der Waals surface area contributed by atoms with Crippen LogP contribution in [0.15, 0.2) is 6.33 Å². The molecule has 106 valence electrons. The Balaban J connectivity index is 1.59. The van der Waals surface area contributed by atoms with Gasteiger partial charge in [-0.05, 0) is 12.3 Å². The number of nitrogens with zero attached hydrogens (tertiary/aromatic N) is 4. The Hall–Kier alpha value is -0.940. The van der Waals surface area contributed by atoms with Gasteiger partial charge in [-0.3, -0.25) is 4.90 Å². The molecule has 0 amide bonds. The first-order valence-corrected chi connectivity index (χ1v) is 7.67. The van der Waals surface area contributed by atoms with Crippen molar-refractivity contribution in [2.24, 2.45) is 11.7 Å². The van der Waals surface area contributed by atoms with Gasteiger partial charge in [-0.1, -0.05) is 32.1 Å². The topological polar surface area (TPSA) is 60.0 Å².